The van der Waals surface area contributed by atoms with Gasteiger partial charge in [-0.3, -0.25) is 0 Å². The van der Waals surface area contributed by atoms with E-state index in [9.17, 15) is 0 Å². The third-order valence-corrected chi connectivity index (χ3v) is 5.09. The van der Waals surface area contributed by atoms with Gasteiger partial charge in [0.25, 0.3) is 0 Å². The highest BCUT2D eigenvalue weighted by Gasteiger charge is 2.06. The van der Waals surface area contributed by atoms with Gasteiger partial charge < -0.3 is 0 Å². The van der Waals surface area contributed by atoms with E-state index >= 15 is 0 Å². The molecule has 3 saturated carbocycles. The summed E-state index contributed by atoms with van der Waals surface area (Å²) in [6.45, 7) is 0. The average molecular weight is 285 g/mol. The summed E-state index contributed by atoms with van der Waals surface area (Å²) >= 11 is 4.36. The summed E-state index contributed by atoms with van der Waals surface area (Å²) in [5.41, 5.74) is 0. The van der Waals surface area contributed by atoms with Crippen molar-refractivity contribution in [1.29, 1.82) is 0 Å². The van der Waals surface area contributed by atoms with Gasteiger partial charge in [0, 0.05) is 5.25 Å². The largest absolute Gasteiger partial charge is 0.176 e. The van der Waals surface area contributed by atoms with Crippen molar-refractivity contribution in [2.75, 3.05) is 0 Å². The van der Waals surface area contributed by atoms with Gasteiger partial charge in [0.1, 0.15) is 0 Å². The summed E-state index contributed by atoms with van der Waals surface area (Å²) in [4.78, 5) is 0. The van der Waals surface area contributed by atoms with Gasteiger partial charge in [0.05, 0.1) is 0 Å². The lowest BCUT2D eigenvalue weighted by molar-refractivity contribution is 0.504. The minimum absolute atomic E-state index is 0.730. The summed E-state index contributed by atoms with van der Waals surface area (Å²) < 4.78 is 0. The van der Waals surface area contributed by atoms with Crippen LogP contribution in [0.5, 0.6) is 0 Å². The maximum Gasteiger partial charge on any atom is 0.00168 e. The molecule has 0 aromatic heterocycles. The smallest absolute Gasteiger partial charge is 0.00168 e. The lowest BCUT2D eigenvalue weighted by Gasteiger charge is -2.14. The summed E-state index contributed by atoms with van der Waals surface area (Å²) in [5, 5.41) is 0.730. The Morgan fingerprint density at radius 1 is 0.368 bits per heavy atom. The van der Waals surface area contributed by atoms with Crippen LogP contribution in [-0.4, -0.2) is 5.25 Å². The minimum Gasteiger partial charge on any atom is -0.176 e. The molecule has 3 rings (SSSR count). The summed E-state index contributed by atoms with van der Waals surface area (Å²) in [5.74, 6) is 0. The minimum atomic E-state index is 0.730. The standard InChI is InChI=1S/C6H12S.2C6H12/c7-6-4-2-1-3-5-6;2*1-2-4-6-5-3-1/h6-7H,1-5H2;2*1-6H2. The zero-order valence-electron chi connectivity index (χ0n) is 13.0. The molecule has 3 aliphatic carbocycles. The SMILES string of the molecule is C1CCCCC1.C1CCCCC1.SC1CCCCC1. The van der Waals surface area contributed by atoms with Gasteiger partial charge >= 0.3 is 0 Å². The number of thiol groups is 1. The van der Waals surface area contributed by atoms with Gasteiger partial charge in [-0.25, -0.2) is 0 Å². The van der Waals surface area contributed by atoms with Crippen LogP contribution in [0.4, 0.5) is 0 Å². The first-order chi connectivity index (χ1) is 9.39. The third-order valence-electron chi connectivity index (χ3n) is 4.57. The normalized spacial score (nSPS) is 24.5. The second kappa shape index (κ2) is 13.3. The molecular formula is C18H36S. The molecule has 0 N–H and O–H groups in total. The molecule has 0 spiro atoms. The van der Waals surface area contributed by atoms with E-state index in [2.05, 4.69) is 12.6 Å². The van der Waals surface area contributed by atoms with Gasteiger partial charge in [-0.1, -0.05) is 96.3 Å². The molecule has 3 aliphatic rings. The van der Waals surface area contributed by atoms with E-state index in [0.29, 0.717) is 0 Å². The van der Waals surface area contributed by atoms with Gasteiger partial charge in [-0.2, -0.15) is 12.6 Å². The maximum absolute atomic E-state index is 4.36. The monoisotopic (exact) mass is 284 g/mol. The molecule has 0 radical (unpaired) electrons. The zero-order chi connectivity index (χ0) is 13.6. The summed E-state index contributed by atoms with van der Waals surface area (Å²) in [7, 11) is 0. The molecule has 0 saturated heterocycles. The average Bonchev–Trinajstić information content (AvgIpc) is 2.53. The fraction of sp³-hybridized carbons (Fsp3) is 1.00. The maximum atomic E-state index is 4.36. The summed E-state index contributed by atoms with van der Waals surface area (Å²) in [6.07, 6.45) is 25.0. The highest BCUT2D eigenvalue weighted by atomic mass is 32.1. The van der Waals surface area contributed by atoms with E-state index in [1.807, 2.05) is 0 Å². The highest BCUT2D eigenvalue weighted by molar-refractivity contribution is 7.80. The fourth-order valence-corrected chi connectivity index (χ4v) is 3.57. The Bertz CT molecular complexity index is 130. The van der Waals surface area contributed by atoms with E-state index in [0.717, 1.165) is 5.25 Å². The molecule has 19 heavy (non-hydrogen) atoms. The van der Waals surface area contributed by atoms with Crippen molar-refractivity contribution in [2.45, 2.75) is 114 Å². The number of hydrogen-bond donors (Lipinski definition) is 1. The number of hydrogen-bond acceptors (Lipinski definition) is 1. The Morgan fingerprint density at radius 3 is 0.737 bits per heavy atom. The van der Waals surface area contributed by atoms with Crippen LogP contribution >= 0.6 is 12.6 Å². The molecule has 114 valence electrons. The molecule has 0 amide bonds. The molecule has 0 aliphatic heterocycles. The molecule has 0 atom stereocenters. The fourth-order valence-electron chi connectivity index (χ4n) is 3.20. The van der Waals surface area contributed by atoms with Crippen LogP contribution < -0.4 is 0 Å². The van der Waals surface area contributed by atoms with Crippen molar-refractivity contribution in [3.8, 4) is 0 Å². The van der Waals surface area contributed by atoms with Crippen LogP contribution in [0.15, 0.2) is 0 Å². The van der Waals surface area contributed by atoms with E-state index in [1.165, 1.54) is 109 Å². The summed E-state index contributed by atoms with van der Waals surface area (Å²) in [6, 6.07) is 0. The van der Waals surface area contributed by atoms with E-state index in [4.69, 9.17) is 0 Å². The van der Waals surface area contributed by atoms with Crippen molar-refractivity contribution in [3.63, 3.8) is 0 Å². The Kier molecular flexibility index (Phi) is 12.2. The molecule has 0 nitrogen and oxygen atoms in total. The van der Waals surface area contributed by atoms with Crippen LogP contribution in [0.1, 0.15) is 109 Å². The highest BCUT2D eigenvalue weighted by Crippen LogP contribution is 2.21. The quantitative estimate of drug-likeness (QED) is 0.458. The van der Waals surface area contributed by atoms with Crippen molar-refractivity contribution in [3.05, 3.63) is 0 Å². The first kappa shape index (κ1) is 17.4. The van der Waals surface area contributed by atoms with Crippen LogP contribution in [0, 0.1) is 0 Å². The zero-order valence-corrected chi connectivity index (χ0v) is 13.9. The second-order valence-corrected chi connectivity index (χ2v) is 7.26. The van der Waals surface area contributed by atoms with Gasteiger partial charge in [0.15, 0.2) is 0 Å². The third kappa shape index (κ3) is 11.8. The number of rotatable bonds is 0. The van der Waals surface area contributed by atoms with E-state index < -0.39 is 0 Å². The molecule has 3 fully saturated rings. The Labute approximate surface area is 127 Å². The van der Waals surface area contributed by atoms with Crippen LogP contribution in [0.2, 0.25) is 0 Å². The first-order valence-corrected chi connectivity index (χ1v) is 9.59. The molecular weight excluding hydrogens is 248 g/mol. The molecule has 0 aromatic rings. The van der Waals surface area contributed by atoms with Crippen molar-refractivity contribution in [2.24, 2.45) is 0 Å². The lowest BCUT2D eigenvalue weighted by atomic mass is 10.0. The van der Waals surface area contributed by atoms with Crippen LogP contribution in [-0.2, 0) is 0 Å². The Morgan fingerprint density at radius 2 is 0.579 bits per heavy atom. The van der Waals surface area contributed by atoms with E-state index in [-0.39, 0.29) is 0 Å². The van der Waals surface area contributed by atoms with Crippen LogP contribution in [0.3, 0.4) is 0 Å². The predicted octanol–water partition coefficient (Wildman–Crippen LogP) is 6.93. The molecule has 1 heteroatoms. The second-order valence-electron chi connectivity index (χ2n) is 6.53. The van der Waals surface area contributed by atoms with Gasteiger partial charge in [0.2, 0.25) is 0 Å². The van der Waals surface area contributed by atoms with Crippen molar-refractivity contribution < 1.29 is 0 Å². The van der Waals surface area contributed by atoms with Crippen LogP contribution in [0.25, 0.3) is 0 Å². The molecule has 0 unspecified atom stereocenters. The Hall–Kier alpha value is 0.350. The first-order valence-electron chi connectivity index (χ1n) is 9.07. The topological polar surface area (TPSA) is 0 Å². The molecule has 0 bridgehead atoms. The lowest BCUT2D eigenvalue weighted by Crippen LogP contribution is -2.03. The van der Waals surface area contributed by atoms with Gasteiger partial charge in [-0.15, -0.1) is 0 Å². The van der Waals surface area contributed by atoms with E-state index in [1.54, 1.807) is 0 Å². The molecule has 0 heterocycles. The predicted molar refractivity (Wildman–Crippen MR) is 91.3 cm³/mol. The van der Waals surface area contributed by atoms with Crippen molar-refractivity contribution >= 4 is 12.6 Å². The van der Waals surface area contributed by atoms with Crippen molar-refractivity contribution in [1.82, 2.24) is 0 Å². The molecule has 0 aromatic carbocycles. The Balaban J connectivity index is 0.000000143. The van der Waals surface area contributed by atoms with Gasteiger partial charge in [-0.05, 0) is 12.8 Å².